The molecule has 5 nitrogen and oxygen atoms in total. The number of β-lactam (4-membered cyclic amide) rings is 1. The molecule has 2 amide bonds. The maximum Gasteiger partial charge on any atom is 0.411 e. The molecule has 2 fully saturated rings. The maximum absolute atomic E-state index is 13.4. The second-order valence-corrected chi connectivity index (χ2v) is 8.41. The van der Waals surface area contributed by atoms with Crippen LogP contribution in [0.25, 0.3) is 0 Å². The fraction of sp³-hybridized carbons (Fsp3) is 0.231. The molecule has 0 saturated carbocycles. The van der Waals surface area contributed by atoms with Gasteiger partial charge in [-0.1, -0.05) is 78.9 Å². The lowest BCUT2D eigenvalue weighted by molar-refractivity contribution is -0.131. The number of hydrogen-bond acceptors (Lipinski definition) is 3. The molecule has 3 aromatic carbocycles. The van der Waals surface area contributed by atoms with Crippen LogP contribution in [0.4, 0.5) is 10.5 Å². The minimum atomic E-state index is -0.513. The second-order valence-electron chi connectivity index (χ2n) is 8.41. The maximum atomic E-state index is 13.4. The summed E-state index contributed by atoms with van der Waals surface area (Å²) >= 11 is 0. The van der Waals surface area contributed by atoms with Gasteiger partial charge in [-0.15, -0.1) is 0 Å². The normalized spacial score (nSPS) is 26.3. The Kier molecular flexibility index (Phi) is 4.10. The third-order valence-electron chi connectivity index (χ3n) is 6.81. The number of rotatable bonds is 4. The first-order valence-electron chi connectivity index (χ1n) is 10.7. The number of ether oxygens (including phenoxy) is 1. The van der Waals surface area contributed by atoms with E-state index < -0.39 is 12.1 Å². The van der Waals surface area contributed by atoms with Crippen LogP contribution in [0.2, 0.25) is 0 Å². The van der Waals surface area contributed by atoms with Crippen LogP contribution in [-0.4, -0.2) is 35.6 Å². The van der Waals surface area contributed by atoms with Gasteiger partial charge in [0.15, 0.2) is 0 Å². The Morgan fingerprint density at radius 2 is 1.52 bits per heavy atom. The number of nitrogens with zero attached hydrogens (tertiary/aromatic N) is 2. The van der Waals surface area contributed by atoms with E-state index in [0.29, 0.717) is 0 Å². The van der Waals surface area contributed by atoms with Gasteiger partial charge < -0.3 is 9.64 Å². The number of para-hydroxylation sites is 1. The number of hydrogen-bond donors (Lipinski definition) is 0. The van der Waals surface area contributed by atoms with Crippen molar-refractivity contribution in [2.75, 3.05) is 11.5 Å². The van der Waals surface area contributed by atoms with E-state index in [-0.39, 0.29) is 30.5 Å². The number of cyclic esters (lactones) is 1. The van der Waals surface area contributed by atoms with E-state index in [2.05, 4.69) is 18.2 Å². The number of carbonyl (C=O) groups excluding carboxylic acids is 2. The van der Waals surface area contributed by atoms with Crippen LogP contribution in [0.3, 0.4) is 0 Å². The highest BCUT2D eigenvalue weighted by Crippen LogP contribution is 2.52. The number of fused-ring (bicyclic) bond motifs is 3. The first-order valence-corrected chi connectivity index (χ1v) is 10.7. The molecule has 31 heavy (non-hydrogen) atoms. The third-order valence-corrected chi connectivity index (χ3v) is 6.81. The first-order chi connectivity index (χ1) is 15.2. The van der Waals surface area contributed by atoms with Crippen molar-refractivity contribution in [1.29, 1.82) is 0 Å². The Hall–Kier alpha value is -3.60. The molecule has 0 unspecified atom stereocenters. The summed E-state index contributed by atoms with van der Waals surface area (Å²) in [4.78, 5) is 29.8. The topological polar surface area (TPSA) is 49.9 Å². The quantitative estimate of drug-likeness (QED) is 0.603. The van der Waals surface area contributed by atoms with E-state index in [4.69, 9.17) is 4.74 Å². The molecule has 154 valence electrons. The molecule has 5 heteroatoms. The molecule has 3 heterocycles. The molecule has 3 aliphatic rings. The zero-order valence-corrected chi connectivity index (χ0v) is 16.9. The van der Waals surface area contributed by atoms with Gasteiger partial charge in [0.25, 0.3) is 5.91 Å². The lowest BCUT2D eigenvalue weighted by Crippen LogP contribution is -2.71. The van der Waals surface area contributed by atoms with Crippen molar-refractivity contribution in [2.45, 2.75) is 30.5 Å². The lowest BCUT2D eigenvalue weighted by atomic mass is 9.80. The summed E-state index contributed by atoms with van der Waals surface area (Å²) in [5, 5.41) is 0. The molecule has 3 aliphatic heterocycles. The van der Waals surface area contributed by atoms with Gasteiger partial charge in [-0.2, -0.15) is 0 Å². The lowest BCUT2D eigenvalue weighted by Gasteiger charge is -2.49. The third kappa shape index (κ3) is 2.69. The Labute approximate surface area is 180 Å². The van der Waals surface area contributed by atoms with E-state index in [0.717, 1.165) is 17.7 Å². The van der Waals surface area contributed by atoms with Crippen molar-refractivity contribution in [2.24, 2.45) is 0 Å². The van der Waals surface area contributed by atoms with Crippen LogP contribution < -0.4 is 4.90 Å². The number of anilines is 1. The Balaban J connectivity index is 1.39. The second kappa shape index (κ2) is 6.98. The van der Waals surface area contributed by atoms with Gasteiger partial charge in [-0.3, -0.25) is 9.69 Å². The smallest absolute Gasteiger partial charge is 0.411 e. The van der Waals surface area contributed by atoms with Gasteiger partial charge in [0.1, 0.15) is 12.6 Å². The number of amides is 2. The summed E-state index contributed by atoms with van der Waals surface area (Å²) in [6.07, 6.45) is 0.420. The van der Waals surface area contributed by atoms with Crippen LogP contribution in [0, 0.1) is 0 Å². The summed E-state index contributed by atoms with van der Waals surface area (Å²) in [6.45, 7) is 0.273. The Morgan fingerprint density at radius 3 is 2.29 bits per heavy atom. The van der Waals surface area contributed by atoms with Crippen LogP contribution in [0.5, 0.6) is 0 Å². The Morgan fingerprint density at radius 1 is 0.839 bits per heavy atom. The van der Waals surface area contributed by atoms with Crippen molar-refractivity contribution in [1.82, 2.24) is 4.90 Å². The average molecular weight is 410 g/mol. The average Bonchev–Trinajstić information content (AvgIpc) is 3.31. The van der Waals surface area contributed by atoms with E-state index in [1.54, 1.807) is 4.90 Å². The summed E-state index contributed by atoms with van der Waals surface area (Å²) in [5.41, 5.74) is 4.37. The van der Waals surface area contributed by atoms with Crippen molar-refractivity contribution in [3.63, 3.8) is 0 Å². The molecule has 0 radical (unpaired) electrons. The summed E-state index contributed by atoms with van der Waals surface area (Å²) in [5.74, 6) is 0.110. The SMILES string of the molecule is O=C1[C@@H](N2C(=O)OC[C@@H]2c2ccccc2)[C@H]2[C@H](Cc3ccccc3)c3ccccc3N12. The van der Waals surface area contributed by atoms with Crippen LogP contribution >= 0.6 is 0 Å². The minimum absolute atomic E-state index is 0.0206. The molecule has 0 aliphatic carbocycles. The van der Waals surface area contributed by atoms with Crippen LogP contribution in [-0.2, 0) is 16.0 Å². The monoisotopic (exact) mass is 410 g/mol. The van der Waals surface area contributed by atoms with Gasteiger partial charge in [0.05, 0.1) is 12.1 Å². The highest BCUT2D eigenvalue weighted by Gasteiger charge is 2.62. The fourth-order valence-electron chi connectivity index (χ4n) is 5.43. The summed E-state index contributed by atoms with van der Waals surface area (Å²) in [6, 6.07) is 27.5. The Bertz CT molecular complexity index is 1150. The minimum Gasteiger partial charge on any atom is -0.447 e. The molecule has 3 aromatic rings. The predicted molar refractivity (Wildman–Crippen MR) is 117 cm³/mol. The van der Waals surface area contributed by atoms with E-state index in [1.807, 2.05) is 71.6 Å². The van der Waals surface area contributed by atoms with Crippen molar-refractivity contribution in [3.05, 3.63) is 102 Å². The molecule has 6 rings (SSSR count). The van der Waals surface area contributed by atoms with Crippen LogP contribution in [0.15, 0.2) is 84.9 Å². The zero-order chi connectivity index (χ0) is 20.9. The molecule has 2 saturated heterocycles. The molecule has 0 N–H and O–H groups in total. The van der Waals surface area contributed by atoms with Crippen LogP contribution in [0.1, 0.15) is 28.7 Å². The molecule has 0 aromatic heterocycles. The van der Waals surface area contributed by atoms with Gasteiger partial charge in [-0.05, 0) is 29.2 Å². The van der Waals surface area contributed by atoms with E-state index in [9.17, 15) is 9.59 Å². The summed E-state index contributed by atoms with van der Waals surface area (Å²) in [7, 11) is 0. The van der Waals surface area contributed by atoms with Gasteiger partial charge in [0, 0.05) is 11.6 Å². The van der Waals surface area contributed by atoms with E-state index >= 15 is 0 Å². The molecule has 4 atom stereocenters. The zero-order valence-electron chi connectivity index (χ0n) is 16.9. The van der Waals surface area contributed by atoms with Crippen molar-refractivity contribution < 1.29 is 14.3 Å². The van der Waals surface area contributed by atoms with Crippen molar-refractivity contribution in [3.8, 4) is 0 Å². The van der Waals surface area contributed by atoms with Gasteiger partial charge in [-0.25, -0.2) is 4.79 Å². The largest absolute Gasteiger partial charge is 0.447 e. The molecular formula is C26H22N2O3. The van der Waals surface area contributed by atoms with E-state index in [1.165, 1.54) is 11.1 Å². The summed E-state index contributed by atoms with van der Waals surface area (Å²) < 4.78 is 5.43. The van der Waals surface area contributed by atoms with Gasteiger partial charge >= 0.3 is 6.09 Å². The number of carbonyl (C=O) groups is 2. The standard InChI is InChI=1S/C26H22N2O3/c29-25-24(28-22(16-31-26(28)30)18-11-5-2-6-12-18)23-20(15-17-9-3-1-4-10-17)19-13-7-8-14-21(19)27(23)25/h1-14,20,22-24H,15-16H2/t20-,22-,23-,24+/m1/s1. The highest BCUT2D eigenvalue weighted by atomic mass is 16.6. The number of benzene rings is 3. The molecule has 0 bridgehead atoms. The first kappa shape index (κ1) is 18.2. The fourth-order valence-corrected chi connectivity index (χ4v) is 5.43. The highest BCUT2D eigenvalue weighted by molar-refractivity contribution is 6.09. The predicted octanol–water partition coefficient (Wildman–Crippen LogP) is 4.30. The van der Waals surface area contributed by atoms with Gasteiger partial charge in [0.2, 0.25) is 0 Å². The molecule has 0 spiro atoms. The van der Waals surface area contributed by atoms with Crippen molar-refractivity contribution >= 4 is 17.7 Å². The molecular weight excluding hydrogens is 388 g/mol.